The quantitative estimate of drug-likeness (QED) is 0.523. The predicted octanol–water partition coefficient (Wildman–Crippen LogP) is 0.231. The van der Waals surface area contributed by atoms with E-state index in [2.05, 4.69) is 17.9 Å². The van der Waals surface area contributed by atoms with Gasteiger partial charge in [-0.25, -0.2) is 0 Å². The van der Waals surface area contributed by atoms with Crippen molar-refractivity contribution in [2.24, 2.45) is 0 Å². The standard InChI is InChI=1S/C7H12N2O/c1-2-9-3-4-10-7(5-8)6-9/h7H,2-4,6H2,1H3. The summed E-state index contributed by atoms with van der Waals surface area (Å²) >= 11 is 0. The summed E-state index contributed by atoms with van der Waals surface area (Å²) in [6.07, 6.45) is -0.200. The highest BCUT2D eigenvalue weighted by Crippen LogP contribution is 2.02. The minimum Gasteiger partial charge on any atom is -0.361 e. The molecule has 0 aromatic rings. The van der Waals surface area contributed by atoms with E-state index in [1.807, 2.05) is 0 Å². The minimum atomic E-state index is -0.200. The van der Waals surface area contributed by atoms with Crippen LogP contribution >= 0.6 is 0 Å². The molecule has 1 aliphatic rings. The predicted molar refractivity (Wildman–Crippen MR) is 37.5 cm³/mol. The van der Waals surface area contributed by atoms with Gasteiger partial charge in [0, 0.05) is 13.1 Å². The van der Waals surface area contributed by atoms with Gasteiger partial charge in [-0.1, -0.05) is 6.92 Å². The van der Waals surface area contributed by atoms with Crippen LogP contribution in [0.3, 0.4) is 0 Å². The maximum absolute atomic E-state index is 8.50. The molecule has 3 nitrogen and oxygen atoms in total. The number of ether oxygens (including phenoxy) is 1. The van der Waals surface area contributed by atoms with E-state index in [0.717, 1.165) is 19.6 Å². The van der Waals surface area contributed by atoms with Gasteiger partial charge in [-0.15, -0.1) is 0 Å². The van der Waals surface area contributed by atoms with Crippen molar-refractivity contribution in [1.82, 2.24) is 4.90 Å². The molecule has 1 aliphatic heterocycles. The molecule has 3 heteroatoms. The Morgan fingerprint density at radius 3 is 3.20 bits per heavy atom. The second-order valence-electron chi connectivity index (χ2n) is 2.38. The van der Waals surface area contributed by atoms with Crippen LogP contribution in [0.15, 0.2) is 0 Å². The SMILES string of the molecule is CCN1CCOC(C#N)C1. The Kier molecular flexibility index (Phi) is 2.67. The van der Waals surface area contributed by atoms with Crippen LogP contribution in [-0.4, -0.2) is 37.2 Å². The lowest BCUT2D eigenvalue weighted by atomic mass is 10.3. The Bertz CT molecular complexity index is 141. The van der Waals surface area contributed by atoms with Crippen LogP contribution in [-0.2, 0) is 4.74 Å². The molecule has 1 saturated heterocycles. The van der Waals surface area contributed by atoms with Crippen LogP contribution in [0.25, 0.3) is 0 Å². The summed E-state index contributed by atoms with van der Waals surface area (Å²) in [6.45, 7) is 5.55. The second kappa shape index (κ2) is 3.55. The van der Waals surface area contributed by atoms with Crippen LogP contribution in [0.5, 0.6) is 0 Å². The third-order valence-electron chi connectivity index (χ3n) is 1.74. The Labute approximate surface area is 61.2 Å². The first kappa shape index (κ1) is 7.52. The Balaban J connectivity index is 2.33. The molecule has 0 bridgehead atoms. The van der Waals surface area contributed by atoms with Gasteiger partial charge in [-0.3, -0.25) is 4.90 Å². The van der Waals surface area contributed by atoms with Crippen molar-refractivity contribution >= 4 is 0 Å². The normalized spacial score (nSPS) is 27.8. The molecule has 1 fully saturated rings. The van der Waals surface area contributed by atoms with Gasteiger partial charge >= 0.3 is 0 Å². The summed E-state index contributed by atoms with van der Waals surface area (Å²) in [5.74, 6) is 0. The van der Waals surface area contributed by atoms with Gasteiger partial charge in [-0.2, -0.15) is 5.26 Å². The summed E-state index contributed by atoms with van der Waals surface area (Å²) in [6, 6.07) is 2.10. The number of nitriles is 1. The molecule has 10 heavy (non-hydrogen) atoms. The summed E-state index contributed by atoms with van der Waals surface area (Å²) in [5.41, 5.74) is 0. The maximum Gasteiger partial charge on any atom is 0.156 e. The summed E-state index contributed by atoms with van der Waals surface area (Å²) < 4.78 is 5.16. The smallest absolute Gasteiger partial charge is 0.156 e. The molecule has 0 aromatic heterocycles. The largest absolute Gasteiger partial charge is 0.361 e. The van der Waals surface area contributed by atoms with Crippen molar-refractivity contribution in [3.63, 3.8) is 0 Å². The number of hydrogen-bond acceptors (Lipinski definition) is 3. The van der Waals surface area contributed by atoms with Crippen molar-refractivity contribution in [2.45, 2.75) is 13.0 Å². The van der Waals surface area contributed by atoms with Crippen LogP contribution in [0, 0.1) is 11.3 Å². The van der Waals surface area contributed by atoms with Gasteiger partial charge in [0.05, 0.1) is 12.7 Å². The fourth-order valence-electron chi connectivity index (χ4n) is 1.07. The van der Waals surface area contributed by atoms with Crippen molar-refractivity contribution in [2.75, 3.05) is 26.2 Å². The van der Waals surface area contributed by atoms with E-state index < -0.39 is 0 Å². The Morgan fingerprint density at radius 1 is 1.80 bits per heavy atom. The molecule has 0 aromatic carbocycles. The molecule has 0 saturated carbocycles. The molecular weight excluding hydrogens is 128 g/mol. The first-order valence-electron chi connectivity index (χ1n) is 3.60. The van der Waals surface area contributed by atoms with Crippen molar-refractivity contribution < 1.29 is 4.74 Å². The number of rotatable bonds is 1. The van der Waals surface area contributed by atoms with Crippen LogP contribution < -0.4 is 0 Å². The molecular formula is C7H12N2O. The molecule has 0 spiro atoms. The van der Waals surface area contributed by atoms with E-state index in [0.29, 0.717) is 6.61 Å². The fraction of sp³-hybridized carbons (Fsp3) is 0.857. The molecule has 0 amide bonds. The number of hydrogen-bond donors (Lipinski definition) is 0. The lowest BCUT2D eigenvalue weighted by molar-refractivity contribution is 0.00269. The number of nitrogens with zero attached hydrogens (tertiary/aromatic N) is 2. The molecule has 1 atom stereocenters. The van der Waals surface area contributed by atoms with Crippen LogP contribution in [0.4, 0.5) is 0 Å². The van der Waals surface area contributed by atoms with E-state index >= 15 is 0 Å². The fourth-order valence-corrected chi connectivity index (χ4v) is 1.07. The van der Waals surface area contributed by atoms with Gasteiger partial charge in [0.1, 0.15) is 0 Å². The third-order valence-corrected chi connectivity index (χ3v) is 1.74. The van der Waals surface area contributed by atoms with Crippen molar-refractivity contribution in [3.05, 3.63) is 0 Å². The van der Waals surface area contributed by atoms with Gasteiger partial charge in [-0.05, 0) is 6.54 Å². The zero-order chi connectivity index (χ0) is 7.40. The first-order valence-corrected chi connectivity index (χ1v) is 3.60. The Hall–Kier alpha value is -0.590. The van der Waals surface area contributed by atoms with E-state index in [4.69, 9.17) is 10.00 Å². The lowest BCUT2D eigenvalue weighted by Crippen LogP contribution is -2.41. The summed E-state index contributed by atoms with van der Waals surface area (Å²) in [4.78, 5) is 2.22. The maximum atomic E-state index is 8.50. The molecule has 1 rings (SSSR count). The molecule has 0 aliphatic carbocycles. The van der Waals surface area contributed by atoms with Gasteiger partial charge in [0.2, 0.25) is 0 Å². The van der Waals surface area contributed by atoms with E-state index in [9.17, 15) is 0 Å². The second-order valence-corrected chi connectivity index (χ2v) is 2.38. The van der Waals surface area contributed by atoms with Crippen molar-refractivity contribution in [1.29, 1.82) is 5.26 Å². The van der Waals surface area contributed by atoms with Crippen LogP contribution in [0.1, 0.15) is 6.92 Å². The number of likely N-dealkylation sites (N-methyl/N-ethyl adjacent to an activating group) is 1. The molecule has 0 N–H and O–H groups in total. The molecule has 56 valence electrons. The first-order chi connectivity index (χ1) is 4.86. The van der Waals surface area contributed by atoms with E-state index in [1.54, 1.807) is 0 Å². The third kappa shape index (κ3) is 1.69. The highest BCUT2D eigenvalue weighted by atomic mass is 16.5. The van der Waals surface area contributed by atoms with Gasteiger partial charge in [0.25, 0.3) is 0 Å². The molecule has 1 heterocycles. The van der Waals surface area contributed by atoms with Crippen molar-refractivity contribution in [3.8, 4) is 6.07 Å². The summed E-state index contributed by atoms with van der Waals surface area (Å²) in [7, 11) is 0. The lowest BCUT2D eigenvalue weighted by Gasteiger charge is -2.28. The average Bonchev–Trinajstić information content (AvgIpc) is 2.05. The zero-order valence-electron chi connectivity index (χ0n) is 6.21. The van der Waals surface area contributed by atoms with Gasteiger partial charge < -0.3 is 4.74 Å². The molecule has 0 radical (unpaired) electrons. The highest BCUT2D eigenvalue weighted by Gasteiger charge is 2.17. The topological polar surface area (TPSA) is 36.3 Å². The van der Waals surface area contributed by atoms with Crippen LogP contribution in [0.2, 0.25) is 0 Å². The Morgan fingerprint density at radius 2 is 2.60 bits per heavy atom. The van der Waals surface area contributed by atoms with Gasteiger partial charge in [0.15, 0.2) is 6.10 Å². The highest BCUT2D eigenvalue weighted by molar-refractivity contribution is 4.88. The number of morpholine rings is 1. The zero-order valence-corrected chi connectivity index (χ0v) is 6.21. The van der Waals surface area contributed by atoms with E-state index in [-0.39, 0.29) is 6.10 Å². The summed E-state index contributed by atoms with van der Waals surface area (Å²) in [5, 5.41) is 8.50. The molecule has 1 unspecified atom stereocenters. The van der Waals surface area contributed by atoms with E-state index in [1.165, 1.54) is 0 Å². The minimum absolute atomic E-state index is 0.200. The monoisotopic (exact) mass is 140 g/mol. The average molecular weight is 140 g/mol.